The molecule has 0 aliphatic carbocycles. The van der Waals surface area contributed by atoms with Gasteiger partial charge >= 0.3 is 6.03 Å². The Morgan fingerprint density at radius 3 is 2.63 bits per heavy atom. The van der Waals surface area contributed by atoms with Crippen LogP contribution in [0.15, 0.2) is 48.7 Å². The first-order valence-corrected chi connectivity index (χ1v) is 9.49. The molecule has 1 aromatic carbocycles. The molecule has 0 bridgehead atoms. The van der Waals surface area contributed by atoms with Crippen LogP contribution in [0.25, 0.3) is 11.2 Å². The molecule has 6 nitrogen and oxygen atoms in total. The molecule has 142 valence electrons. The van der Waals surface area contributed by atoms with Gasteiger partial charge in [0, 0.05) is 25.7 Å². The maximum atomic E-state index is 11.9. The lowest BCUT2D eigenvalue weighted by atomic mass is 10.1. The number of nitrogens with zero attached hydrogens (tertiary/aromatic N) is 3. The molecular weight excluding hydrogens is 338 g/mol. The Bertz CT molecular complexity index is 873. The quantitative estimate of drug-likeness (QED) is 0.643. The molecule has 2 aromatic heterocycles. The van der Waals surface area contributed by atoms with E-state index in [0.717, 1.165) is 23.4 Å². The number of pyridine rings is 1. The second-order valence-corrected chi connectivity index (χ2v) is 7.06. The van der Waals surface area contributed by atoms with Crippen LogP contribution in [0.1, 0.15) is 31.7 Å². The number of imidazole rings is 1. The van der Waals surface area contributed by atoms with Crippen LogP contribution in [0.3, 0.4) is 0 Å². The van der Waals surface area contributed by atoms with E-state index in [1.165, 1.54) is 5.56 Å². The predicted molar refractivity (Wildman–Crippen MR) is 108 cm³/mol. The molecule has 2 heterocycles. The molecule has 3 rings (SSSR count). The summed E-state index contributed by atoms with van der Waals surface area (Å²) in [4.78, 5) is 21.1. The Balaban J connectivity index is 1.65. The van der Waals surface area contributed by atoms with E-state index in [1.54, 1.807) is 6.20 Å². The third kappa shape index (κ3) is 5.29. The molecule has 0 fully saturated rings. The molecule has 0 saturated carbocycles. The highest BCUT2D eigenvalue weighted by Gasteiger charge is 2.12. The van der Waals surface area contributed by atoms with E-state index in [-0.39, 0.29) is 6.03 Å². The van der Waals surface area contributed by atoms with Crippen LogP contribution >= 0.6 is 0 Å². The zero-order chi connectivity index (χ0) is 19.1. The Hall–Kier alpha value is -2.89. The number of aromatic nitrogens is 3. The van der Waals surface area contributed by atoms with Crippen molar-refractivity contribution in [1.82, 2.24) is 25.2 Å². The van der Waals surface area contributed by atoms with Gasteiger partial charge in [-0.15, -0.1) is 0 Å². The largest absolute Gasteiger partial charge is 0.338 e. The van der Waals surface area contributed by atoms with Crippen molar-refractivity contribution in [2.24, 2.45) is 5.92 Å². The summed E-state index contributed by atoms with van der Waals surface area (Å²) in [6.07, 6.45) is 3.42. The molecular formula is C21H27N5O. The smallest absolute Gasteiger partial charge is 0.314 e. The fourth-order valence-corrected chi connectivity index (χ4v) is 2.95. The third-order valence-corrected chi connectivity index (χ3v) is 4.41. The van der Waals surface area contributed by atoms with Crippen molar-refractivity contribution in [2.45, 2.75) is 33.2 Å². The second kappa shape index (κ2) is 9.16. The topological polar surface area (TPSA) is 71.8 Å². The summed E-state index contributed by atoms with van der Waals surface area (Å²) in [5, 5.41) is 5.81. The summed E-state index contributed by atoms with van der Waals surface area (Å²) in [7, 11) is 0. The van der Waals surface area contributed by atoms with Gasteiger partial charge in [-0.25, -0.2) is 14.8 Å². The maximum absolute atomic E-state index is 11.9. The number of fused-ring (bicyclic) bond motifs is 1. The van der Waals surface area contributed by atoms with Gasteiger partial charge in [-0.05, 0) is 30.0 Å². The van der Waals surface area contributed by atoms with Crippen LogP contribution in [0.2, 0.25) is 0 Å². The fraction of sp³-hybridized carbons (Fsp3) is 0.381. The fourth-order valence-electron chi connectivity index (χ4n) is 2.95. The van der Waals surface area contributed by atoms with Crippen molar-refractivity contribution in [3.63, 3.8) is 0 Å². The number of carbonyl (C=O) groups is 1. The average molecular weight is 365 g/mol. The van der Waals surface area contributed by atoms with E-state index < -0.39 is 0 Å². The minimum Gasteiger partial charge on any atom is -0.338 e. The monoisotopic (exact) mass is 365 g/mol. The van der Waals surface area contributed by atoms with Gasteiger partial charge in [-0.1, -0.05) is 44.2 Å². The zero-order valence-electron chi connectivity index (χ0n) is 16.0. The van der Waals surface area contributed by atoms with Gasteiger partial charge in [-0.2, -0.15) is 0 Å². The van der Waals surface area contributed by atoms with Crippen molar-refractivity contribution >= 4 is 17.2 Å². The number of hydrogen-bond donors (Lipinski definition) is 2. The lowest BCUT2D eigenvalue weighted by Gasteiger charge is -2.11. The summed E-state index contributed by atoms with van der Waals surface area (Å²) in [5.41, 5.74) is 2.95. The maximum Gasteiger partial charge on any atom is 0.314 e. The van der Waals surface area contributed by atoms with E-state index in [4.69, 9.17) is 4.98 Å². The van der Waals surface area contributed by atoms with Crippen LogP contribution in [-0.2, 0) is 13.0 Å². The Labute approximate surface area is 160 Å². The summed E-state index contributed by atoms with van der Waals surface area (Å²) >= 11 is 0. The van der Waals surface area contributed by atoms with E-state index in [2.05, 4.69) is 46.2 Å². The number of carbonyl (C=O) groups excluding carboxylic acids is 1. The summed E-state index contributed by atoms with van der Waals surface area (Å²) in [5.74, 6) is 1.51. The van der Waals surface area contributed by atoms with Crippen molar-refractivity contribution in [3.8, 4) is 0 Å². The van der Waals surface area contributed by atoms with Crippen LogP contribution < -0.4 is 10.6 Å². The number of benzene rings is 1. The molecule has 0 aliphatic heterocycles. The Morgan fingerprint density at radius 1 is 1.07 bits per heavy atom. The molecule has 27 heavy (non-hydrogen) atoms. The predicted octanol–water partition coefficient (Wildman–Crippen LogP) is 3.37. The van der Waals surface area contributed by atoms with Crippen LogP contribution in [0.5, 0.6) is 0 Å². The molecule has 0 aliphatic rings. The molecule has 0 radical (unpaired) electrons. The van der Waals surface area contributed by atoms with E-state index in [0.29, 0.717) is 32.0 Å². The number of rotatable bonds is 8. The zero-order valence-corrected chi connectivity index (χ0v) is 16.0. The Kier molecular flexibility index (Phi) is 6.41. The van der Waals surface area contributed by atoms with Crippen LogP contribution in [-0.4, -0.2) is 33.7 Å². The minimum absolute atomic E-state index is 0.125. The number of nitrogens with one attached hydrogen (secondary N) is 2. The van der Waals surface area contributed by atoms with Gasteiger partial charge in [-0.3, -0.25) is 0 Å². The van der Waals surface area contributed by atoms with Crippen LogP contribution in [0, 0.1) is 5.92 Å². The molecule has 2 amide bonds. The third-order valence-electron chi connectivity index (χ3n) is 4.41. The summed E-state index contributed by atoms with van der Waals surface area (Å²) in [6, 6.07) is 14.0. The van der Waals surface area contributed by atoms with Crippen molar-refractivity contribution in [1.29, 1.82) is 0 Å². The first-order chi connectivity index (χ1) is 13.1. The summed E-state index contributed by atoms with van der Waals surface area (Å²) in [6.45, 7) is 6.23. The van der Waals surface area contributed by atoms with Gasteiger partial charge in [0.2, 0.25) is 0 Å². The number of amides is 2. The molecule has 0 spiro atoms. The molecule has 0 saturated heterocycles. The number of urea groups is 1. The van der Waals surface area contributed by atoms with Gasteiger partial charge in [0.05, 0.1) is 6.54 Å². The normalized spacial score (nSPS) is 11.1. The van der Waals surface area contributed by atoms with Gasteiger partial charge in [0.15, 0.2) is 5.65 Å². The standard InChI is InChI=1S/C21H27N5O/c1-16(2)10-13-23-21(27)24-14-11-19-25-18-9-6-12-22-20(18)26(19)15-17-7-4-3-5-8-17/h3-9,12,16H,10-11,13-15H2,1-2H3,(H2,23,24,27). The SMILES string of the molecule is CC(C)CCNC(=O)NCCc1nc2cccnc2n1Cc1ccccc1. The van der Waals surface area contributed by atoms with Gasteiger partial charge in [0.25, 0.3) is 0 Å². The van der Waals surface area contributed by atoms with Crippen molar-refractivity contribution in [3.05, 3.63) is 60.0 Å². The lowest BCUT2D eigenvalue weighted by Crippen LogP contribution is -2.37. The van der Waals surface area contributed by atoms with E-state index >= 15 is 0 Å². The van der Waals surface area contributed by atoms with E-state index in [9.17, 15) is 4.79 Å². The van der Waals surface area contributed by atoms with Crippen LogP contribution in [0.4, 0.5) is 4.79 Å². The second-order valence-electron chi connectivity index (χ2n) is 7.06. The average Bonchev–Trinajstić information content (AvgIpc) is 3.00. The molecule has 2 N–H and O–H groups in total. The molecule has 3 aromatic rings. The molecule has 0 unspecified atom stereocenters. The molecule has 6 heteroatoms. The highest BCUT2D eigenvalue weighted by Crippen LogP contribution is 2.16. The lowest BCUT2D eigenvalue weighted by molar-refractivity contribution is 0.240. The molecule has 0 atom stereocenters. The highest BCUT2D eigenvalue weighted by molar-refractivity contribution is 5.74. The van der Waals surface area contributed by atoms with Gasteiger partial charge < -0.3 is 15.2 Å². The first-order valence-electron chi connectivity index (χ1n) is 9.49. The first kappa shape index (κ1) is 18.9. The summed E-state index contributed by atoms with van der Waals surface area (Å²) < 4.78 is 2.13. The Morgan fingerprint density at radius 2 is 1.85 bits per heavy atom. The van der Waals surface area contributed by atoms with E-state index in [1.807, 2.05) is 30.3 Å². The minimum atomic E-state index is -0.125. The number of hydrogen-bond acceptors (Lipinski definition) is 3. The van der Waals surface area contributed by atoms with Crippen molar-refractivity contribution in [2.75, 3.05) is 13.1 Å². The van der Waals surface area contributed by atoms with Gasteiger partial charge in [0.1, 0.15) is 11.3 Å². The highest BCUT2D eigenvalue weighted by atomic mass is 16.2. The van der Waals surface area contributed by atoms with Crippen molar-refractivity contribution < 1.29 is 4.79 Å².